The van der Waals surface area contributed by atoms with E-state index in [9.17, 15) is 9.59 Å². The number of thiazole rings is 1. The third kappa shape index (κ3) is 2.39. The third-order valence-corrected chi connectivity index (χ3v) is 1.84. The van der Waals surface area contributed by atoms with Gasteiger partial charge in [-0.05, 0) is 0 Å². The van der Waals surface area contributed by atoms with Crippen LogP contribution in [-0.4, -0.2) is 24.6 Å². The molecular weight excluding hydrogens is 180 g/mol. The zero-order valence-corrected chi connectivity index (χ0v) is 7.23. The zero-order valence-electron chi connectivity index (χ0n) is 6.42. The number of H-pyrrole nitrogens is 1. The smallest absolute Gasteiger partial charge is 0.325 e. The highest BCUT2D eigenvalue weighted by Crippen LogP contribution is 2.00. The molecule has 1 aromatic rings. The quantitative estimate of drug-likeness (QED) is 0.656. The minimum Gasteiger partial charge on any atom is -0.468 e. The molecule has 0 radical (unpaired) electrons. The molecule has 0 atom stereocenters. The molecule has 0 aliphatic rings. The molecule has 0 saturated heterocycles. The summed E-state index contributed by atoms with van der Waals surface area (Å²) in [5, 5.41) is 4.30. The molecule has 0 aliphatic carbocycles. The fourth-order valence-electron chi connectivity index (χ4n) is 0.607. The number of rotatable bonds is 3. The molecule has 0 aromatic carbocycles. The van der Waals surface area contributed by atoms with Gasteiger partial charge in [0, 0.05) is 5.38 Å². The van der Waals surface area contributed by atoms with Crippen molar-refractivity contribution in [2.45, 2.75) is 0 Å². The number of methoxy groups -OCH3 is 1. The van der Waals surface area contributed by atoms with E-state index in [4.69, 9.17) is 0 Å². The van der Waals surface area contributed by atoms with Crippen LogP contribution in [-0.2, 0) is 9.53 Å². The SMILES string of the molecule is COC(=O)CNc1csc(=O)[nH]1. The minimum absolute atomic E-state index is 0.0587. The average molecular weight is 188 g/mol. The van der Waals surface area contributed by atoms with Crippen molar-refractivity contribution in [1.29, 1.82) is 0 Å². The van der Waals surface area contributed by atoms with E-state index in [2.05, 4.69) is 15.0 Å². The van der Waals surface area contributed by atoms with Gasteiger partial charge in [0.2, 0.25) is 0 Å². The topological polar surface area (TPSA) is 71.2 Å². The molecule has 12 heavy (non-hydrogen) atoms. The second-order valence-corrected chi connectivity index (χ2v) is 2.83. The summed E-state index contributed by atoms with van der Waals surface area (Å²) < 4.78 is 4.39. The van der Waals surface area contributed by atoms with Crippen molar-refractivity contribution in [3.63, 3.8) is 0 Å². The maximum Gasteiger partial charge on any atom is 0.325 e. The molecule has 6 heteroatoms. The Morgan fingerprint density at radius 2 is 2.58 bits per heavy atom. The molecule has 0 saturated carbocycles. The summed E-state index contributed by atoms with van der Waals surface area (Å²) in [5.74, 6) is 0.164. The second kappa shape index (κ2) is 3.91. The van der Waals surface area contributed by atoms with Crippen LogP contribution in [0.4, 0.5) is 5.82 Å². The highest BCUT2D eigenvalue weighted by Gasteiger charge is 2.00. The lowest BCUT2D eigenvalue weighted by atomic mass is 10.6. The van der Waals surface area contributed by atoms with E-state index in [-0.39, 0.29) is 17.4 Å². The number of hydrogen-bond acceptors (Lipinski definition) is 5. The van der Waals surface area contributed by atoms with Crippen LogP contribution in [0, 0.1) is 0 Å². The first-order valence-corrected chi connectivity index (χ1v) is 4.09. The van der Waals surface area contributed by atoms with E-state index in [1.807, 2.05) is 0 Å². The summed E-state index contributed by atoms with van der Waals surface area (Å²) in [6.07, 6.45) is 0. The van der Waals surface area contributed by atoms with Crippen molar-refractivity contribution in [3.8, 4) is 0 Å². The van der Waals surface area contributed by atoms with Crippen molar-refractivity contribution < 1.29 is 9.53 Å². The second-order valence-electron chi connectivity index (χ2n) is 1.99. The van der Waals surface area contributed by atoms with Gasteiger partial charge < -0.3 is 10.1 Å². The lowest BCUT2D eigenvalue weighted by Gasteiger charge is -1.99. The van der Waals surface area contributed by atoms with Gasteiger partial charge in [-0.25, -0.2) is 0 Å². The molecule has 0 fully saturated rings. The Kier molecular flexibility index (Phi) is 2.87. The Hall–Kier alpha value is -1.30. The highest BCUT2D eigenvalue weighted by atomic mass is 32.1. The van der Waals surface area contributed by atoms with E-state index in [1.54, 1.807) is 5.38 Å². The van der Waals surface area contributed by atoms with Crippen molar-refractivity contribution in [3.05, 3.63) is 15.0 Å². The number of aromatic nitrogens is 1. The number of esters is 1. The van der Waals surface area contributed by atoms with Gasteiger partial charge in [0.05, 0.1) is 7.11 Å². The molecule has 0 spiro atoms. The van der Waals surface area contributed by atoms with Crippen LogP contribution >= 0.6 is 11.3 Å². The van der Waals surface area contributed by atoms with Crippen LogP contribution < -0.4 is 10.2 Å². The van der Waals surface area contributed by atoms with Crippen LogP contribution in [0.5, 0.6) is 0 Å². The van der Waals surface area contributed by atoms with Gasteiger partial charge in [-0.2, -0.15) is 0 Å². The molecule has 1 rings (SSSR count). The monoisotopic (exact) mass is 188 g/mol. The Morgan fingerprint density at radius 3 is 3.08 bits per heavy atom. The van der Waals surface area contributed by atoms with E-state index < -0.39 is 0 Å². The Labute approximate surface area is 72.4 Å². The summed E-state index contributed by atoms with van der Waals surface area (Å²) in [5.41, 5.74) is 0. The molecule has 0 aliphatic heterocycles. The van der Waals surface area contributed by atoms with Crippen molar-refractivity contribution in [1.82, 2.24) is 4.98 Å². The number of hydrogen-bond donors (Lipinski definition) is 2. The molecule has 0 unspecified atom stereocenters. The van der Waals surface area contributed by atoms with Gasteiger partial charge in [-0.15, -0.1) is 0 Å². The summed E-state index contributed by atoms with van der Waals surface area (Å²) in [4.78, 5) is 23.6. The van der Waals surface area contributed by atoms with Gasteiger partial charge in [-0.3, -0.25) is 14.6 Å². The van der Waals surface area contributed by atoms with Crippen molar-refractivity contribution in [2.75, 3.05) is 19.0 Å². The molecule has 5 nitrogen and oxygen atoms in total. The van der Waals surface area contributed by atoms with Gasteiger partial charge in [0.25, 0.3) is 0 Å². The molecule has 0 bridgehead atoms. The highest BCUT2D eigenvalue weighted by molar-refractivity contribution is 7.07. The number of nitrogens with one attached hydrogen (secondary N) is 2. The standard InChI is InChI=1S/C6H8N2O3S/c1-11-5(9)2-7-4-3-12-6(10)8-4/h3,7H,2H2,1H3,(H,8,10). The predicted molar refractivity (Wildman–Crippen MR) is 45.4 cm³/mol. The fourth-order valence-corrected chi connectivity index (χ4v) is 1.14. The summed E-state index contributed by atoms with van der Waals surface area (Å²) >= 11 is 1.04. The minimum atomic E-state index is -0.373. The molecule has 2 N–H and O–H groups in total. The largest absolute Gasteiger partial charge is 0.468 e. The molecular formula is C6H8N2O3S. The molecule has 0 amide bonds. The van der Waals surface area contributed by atoms with E-state index in [0.717, 1.165) is 11.3 Å². The predicted octanol–water partition coefficient (Wildman–Crippen LogP) is 0.0213. The van der Waals surface area contributed by atoms with Crippen LogP contribution in [0.25, 0.3) is 0 Å². The Morgan fingerprint density at radius 1 is 1.83 bits per heavy atom. The normalized spacial score (nSPS) is 9.42. The van der Waals surface area contributed by atoms with Crippen LogP contribution in [0.1, 0.15) is 0 Å². The van der Waals surface area contributed by atoms with Crippen LogP contribution in [0.2, 0.25) is 0 Å². The summed E-state index contributed by atoms with van der Waals surface area (Å²) in [6.45, 7) is 0.0587. The zero-order chi connectivity index (χ0) is 8.97. The first-order chi connectivity index (χ1) is 5.72. The number of anilines is 1. The van der Waals surface area contributed by atoms with E-state index >= 15 is 0 Å². The van der Waals surface area contributed by atoms with E-state index in [0.29, 0.717) is 5.82 Å². The number of ether oxygens (including phenoxy) is 1. The number of aromatic amines is 1. The Bertz CT molecular complexity index is 317. The first kappa shape index (κ1) is 8.79. The van der Waals surface area contributed by atoms with Crippen LogP contribution in [0.15, 0.2) is 10.2 Å². The molecule has 1 aromatic heterocycles. The van der Waals surface area contributed by atoms with Gasteiger partial charge in [-0.1, -0.05) is 11.3 Å². The molecule has 66 valence electrons. The number of carbonyl (C=O) groups is 1. The van der Waals surface area contributed by atoms with Crippen molar-refractivity contribution in [2.24, 2.45) is 0 Å². The van der Waals surface area contributed by atoms with Gasteiger partial charge in [0.15, 0.2) is 0 Å². The lowest BCUT2D eigenvalue weighted by Crippen LogP contribution is -2.15. The summed E-state index contributed by atoms with van der Waals surface area (Å²) in [7, 11) is 1.31. The average Bonchev–Trinajstić information content (AvgIpc) is 2.47. The van der Waals surface area contributed by atoms with Crippen LogP contribution in [0.3, 0.4) is 0 Å². The molecule has 1 heterocycles. The third-order valence-electron chi connectivity index (χ3n) is 1.17. The fraction of sp³-hybridized carbons (Fsp3) is 0.333. The summed E-state index contributed by atoms with van der Waals surface area (Å²) in [6, 6.07) is 0. The maximum atomic E-state index is 10.6. The Balaban J connectivity index is 2.43. The van der Waals surface area contributed by atoms with Gasteiger partial charge in [0.1, 0.15) is 12.4 Å². The van der Waals surface area contributed by atoms with Crippen molar-refractivity contribution >= 4 is 23.1 Å². The number of carbonyl (C=O) groups excluding carboxylic acids is 1. The van der Waals surface area contributed by atoms with Gasteiger partial charge >= 0.3 is 10.8 Å². The maximum absolute atomic E-state index is 10.6. The lowest BCUT2D eigenvalue weighted by molar-refractivity contribution is -0.138. The first-order valence-electron chi connectivity index (χ1n) is 3.21. The van der Waals surface area contributed by atoms with E-state index in [1.165, 1.54) is 7.11 Å².